The van der Waals surface area contributed by atoms with Crippen LogP contribution in [0.2, 0.25) is 0 Å². The van der Waals surface area contributed by atoms with E-state index < -0.39 is 5.97 Å². The third kappa shape index (κ3) is 2.93. The summed E-state index contributed by atoms with van der Waals surface area (Å²) in [5.41, 5.74) is 0.309. The van der Waals surface area contributed by atoms with Gasteiger partial charge in [-0.3, -0.25) is 0 Å². The maximum absolute atomic E-state index is 11.5. The zero-order chi connectivity index (χ0) is 13.1. The fourth-order valence-electron chi connectivity index (χ4n) is 1.57. The Balaban J connectivity index is 2.23. The lowest BCUT2D eigenvalue weighted by Gasteiger charge is -2.11. The summed E-state index contributed by atoms with van der Waals surface area (Å²) in [6.07, 6.45) is 2.53. The first-order valence-electron chi connectivity index (χ1n) is 5.72. The molecular formula is C12H15BrN2O3. The van der Waals surface area contributed by atoms with Crippen LogP contribution >= 0.6 is 15.9 Å². The minimum Gasteiger partial charge on any atom is -0.480 e. The van der Waals surface area contributed by atoms with Crippen molar-refractivity contribution in [2.45, 2.75) is 12.8 Å². The summed E-state index contributed by atoms with van der Waals surface area (Å²) in [7, 11) is 2.81. The van der Waals surface area contributed by atoms with Gasteiger partial charge in [0.15, 0.2) is 0 Å². The van der Waals surface area contributed by atoms with Crippen molar-refractivity contribution in [1.29, 1.82) is 0 Å². The maximum atomic E-state index is 11.5. The van der Waals surface area contributed by atoms with Gasteiger partial charge in [0.1, 0.15) is 11.4 Å². The molecule has 0 atom stereocenters. The molecule has 18 heavy (non-hydrogen) atoms. The molecule has 0 aromatic carbocycles. The van der Waals surface area contributed by atoms with Crippen molar-refractivity contribution in [3.8, 4) is 5.88 Å². The summed E-state index contributed by atoms with van der Waals surface area (Å²) in [6, 6.07) is 1.66. The van der Waals surface area contributed by atoms with E-state index in [0.29, 0.717) is 11.4 Å². The third-order valence-electron chi connectivity index (χ3n) is 2.79. The molecule has 0 saturated heterocycles. The van der Waals surface area contributed by atoms with E-state index in [4.69, 9.17) is 4.74 Å². The molecule has 0 aliphatic heterocycles. The van der Waals surface area contributed by atoms with E-state index in [1.807, 2.05) is 0 Å². The Morgan fingerprint density at radius 3 is 2.83 bits per heavy atom. The molecule has 0 radical (unpaired) electrons. The summed E-state index contributed by atoms with van der Waals surface area (Å²) < 4.78 is 10.5. The molecule has 1 N–H and O–H groups in total. The zero-order valence-corrected chi connectivity index (χ0v) is 11.9. The van der Waals surface area contributed by atoms with Gasteiger partial charge in [0.25, 0.3) is 0 Å². The Morgan fingerprint density at radius 1 is 1.56 bits per heavy atom. The number of aromatic nitrogens is 1. The number of hydrogen-bond acceptors (Lipinski definition) is 5. The first-order valence-corrected chi connectivity index (χ1v) is 6.51. The Kier molecular flexibility index (Phi) is 4.06. The lowest BCUT2D eigenvalue weighted by atomic mass is 10.2. The van der Waals surface area contributed by atoms with Crippen molar-refractivity contribution < 1.29 is 14.3 Å². The standard InChI is InChI=1S/C12H15BrN2O3/c1-17-11-8(12(16)18-2)5-9(13)10(15-11)14-6-7-3-4-7/h5,7H,3-4,6H2,1-2H3,(H,14,15). The SMILES string of the molecule is COC(=O)c1cc(Br)c(NCC2CC2)nc1OC. The number of anilines is 1. The number of nitrogens with one attached hydrogen (secondary N) is 1. The van der Waals surface area contributed by atoms with Crippen LogP contribution in [0.3, 0.4) is 0 Å². The van der Waals surface area contributed by atoms with Gasteiger partial charge in [-0.25, -0.2) is 4.79 Å². The monoisotopic (exact) mass is 314 g/mol. The van der Waals surface area contributed by atoms with Crippen LogP contribution in [0.15, 0.2) is 10.5 Å². The molecular weight excluding hydrogens is 300 g/mol. The van der Waals surface area contributed by atoms with Crippen LogP contribution in [-0.4, -0.2) is 31.7 Å². The zero-order valence-electron chi connectivity index (χ0n) is 10.3. The van der Waals surface area contributed by atoms with Gasteiger partial charge in [0.2, 0.25) is 5.88 Å². The van der Waals surface area contributed by atoms with E-state index in [0.717, 1.165) is 16.9 Å². The topological polar surface area (TPSA) is 60.5 Å². The molecule has 1 aliphatic rings. The first-order chi connectivity index (χ1) is 8.65. The first kappa shape index (κ1) is 13.1. The predicted molar refractivity (Wildman–Crippen MR) is 71.0 cm³/mol. The summed E-state index contributed by atoms with van der Waals surface area (Å²) in [5, 5.41) is 3.24. The van der Waals surface area contributed by atoms with Crippen molar-refractivity contribution in [3.63, 3.8) is 0 Å². The molecule has 1 aromatic rings. The van der Waals surface area contributed by atoms with Gasteiger partial charge < -0.3 is 14.8 Å². The molecule has 0 bridgehead atoms. The Labute approximate surface area is 114 Å². The number of nitrogens with zero attached hydrogens (tertiary/aromatic N) is 1. The van der Waals surface area contributed by atoms with Gasteiger partial charge in [-0.15, -0.1) is 0 Å². The highest BCUT2D eigenvalue weighted by Gasteiger charge is 2.22. The molecule has 6 heteroatoms. The molecule has 1 aliphatic carbocycles. The number of esters is 1. The molecule has 0 amide bonds. The number of halogens is 1. The average Bonchev–Trinajstić information content (AvgIpc) is 3.20. The third-order valence-corrected chi connectivity index (χ3v) is 3.40. The lowest BCUT2D eigenvalue weighted by molar-refractivity contribution is 0.0596. The highest BCUT2D eigenvalue weighted by Crippen LogP contribution is 2.32. The fourth-order valence-corrected chi connectivity index (χ4v) is 2.03. The molecule has 1 aromatic heterocycles. The number of rotatable bonds is 5. The van der Waals surface area contributed by atoms with Gasteiger partial charge in [0.05, 0.1) is 18.7 Å². The van der Waals surface area contributed by atoms with Gasteiger partial charge in [0, 0.05) is 6.54 Å². The van der Waals surface area contributed by atoms with Crippen LogP contribution < -0.4 is 10.1 Å². The molecule has 0 spiro atoms. The molecule has 2 rings (SSSR count). The second kappa shape index (κ2) is 5.56. The smallest absolute Gasteiger partial charge is 0.343 e. The van der Waals surface area contributed by atoms with Crippen molar-refractivity contribution in [1.82, 2.24) is 4.98 Å². The maximum Gasteiger partial charge on any atom is 0.343 e. The van der Waals surface area contributed by atoms with E-state index in [-0.39, 0.29) is 5.88 Å². The highest BCUT2D eigenvalue weighted by atomic mass is 79.9. The van der Waals surface area contributed by atoms with Crippen molar-refractivity contribution in [3.05, 3.63) is 16.1 Å². The van der Waals surface area contributed by atoms with Crippen LogP contribution in [0.4, 0.5) is 5.82 Å². The molecule has 1 saturated carbocycles. The number of pyridine rings is 1. The van der Waals surface area contributed by atoms with Gasteiger partial charge in [-0.05, 0) is 40.8 Å². The highest BCUT2D eigenvalue weighted by molar-refractivity contribution is 9.10. The van der Waals surface area contributed by atoms with Crippen LogP contribution in [0.25, 0.3) is 0 Å². The minimum atomic E-state index is -0.464. The molecule has 1 heterocycles. The van der Waals surface area contributed by atoms with E-state index in [1.54, 1.807) is 6.07 Å². The van der Waals surface area contributed by atoms with Gasteiger partial charge in [-0.1, -0.05) is 0 Å². The van der Waals surface area contributed by atoms with Crippen molar-refractivity contribution >= 4 is 27.7 Å². The number of ether oxygens (including phenoxy) is 2. The number of carbonyl (C=O) groups excluding carboxylic acids is 1. The largest absolute Gasteiger partial charge is 0.480 e. The molecule has 0 unspecified atom stereocenters. The number of carbonyl (C=O) groups is 1. The van der Waals surface area contributed by atoms with Gasteiger partial charge in [-0.2, -0.15) is 4.98 Å². The van der Waals surface area contributed by atoms with E-state index in [9.17, 15) is 4.79 Å². The number of methoxy groups -OCH3 is 2. The molecule has 1 fully saturated rings. The lowest BCUT2D eigenvalue weighted by Crippen LogP contribution is -2.10. The summed E-state index contributed by atoms with van der Waals surface area (Å²) in [5.74, 6) is 1.23. The minimum absolute atomic E-state index is 0.267. The Morgan fingerprint density at radius 2 is 2.28 bits per heavy atom. The van der Waals surface area contributed by atoms with E-state index in [2.05, 4.69) is 31.0 Å². The van der Waals surface area contributed by atoms with Crippen LogP contribution in [-0.2, 0) is 4.74 Å². The fraction of sp³-hybridized carbons (Fsp3) is 0.500. The van der Waals surface area contributed by atoms with E-state index in [1.165, 1.54) is 27.1 Å². The molecule has 5 nitrogen and oxygen atoms in total. The normalized spacial score (nSPS) is 14.2. The second-order valence-corrected chi connectivity index (χ2v) is 5.05. The predicted octanol–water partition coefficient (Wildman–Crippen LogP) is 2.46. The summed E-state index contributed by atoms with van der Waals surface area (Å²) >= 11 is 3.39. The number of hydrogen-bond donors (Lipinski definition) is 1. The van der Waals surface area contributed by atoms with Gasteiger partial charge >= 0.3 is 5.97 Å². The van der Waals surface area contributed by atoms with E-state index >= 15 is 0 Å². The molecule has 98 valence electrons. The van der Waals surface area contributed by atoms with Crippen molar-refractivity contribution in [2.75, 3.05) is 26.1 Å². The Hall–Kier alpha value is -1.30. The second-order valence-electron chi connectivity index (χ2n) is 4.19. The summed E-state index contributed by atoms with van der Waals surface area (Å²) in [4.78, 5) is 15.8. The average molecular weight is 315 g/mol. The van der Waals surface area contributed by atoms with Crippen LogP contribution in [0.5, 0.6) is 5.88 Å². The Bertz CT molecular complexity index is 461. The van der Waals surface area contributed by atoms with Crippen LogP contribution in [0.1, 0.15) is 23.2 Å². The van der Waals surface area contributed by atoms with Crippen molar-refractivity contribution in [2.24, 2.45) is 5.92 Å². The quantitative estimate of drug-likeness (QED) is 0.846. The summed E-state index contributed by atoms with van der Waals surface area (Å²) in [6.45, 7) is 0.895. The van der Waals surface area contributed by atoms with Crippen LogP contribution in [0, 0.1) is 5.92 Å².